The zero-order valence-corrected chi connectivity index (χ0v) is 17.0. The Labute approximate surface area is 174 Å². The molecule has 1 N–H and O–H groups in total. The van der Waals surface area contributed by atoms with E-state index in [4.69, 9.17) is 19.0 Å². The molecule has 1 aromatic carbocycles. The van der Waals surface area contributed by atoms with Gasteiger partial charge in [-0.05, 0) is 25.5 Å². The van der Waals surface area contributed by atoms with Gasteiger partial charge in [0.15, 0.2) is 5.92 Å². The summed E-state index contributed by atoms with van der Waals surface area (Å²) in [7, 11) is 1.37. The molecule has 2 rings (SSSR count). The summed E-state index contributed by atoms with van der Waals surface area (Å²) in [6.07, 6.45) is 0. The third kappa shape index (κ3) is 6.02. The van der Waals surface area contributed by atoms with Crippen molar-refractivity contribution in [3.63, 3.8) is 0 Å². The molecular formula is C21H24N2O7. The average Bonchev–Trinajstić information content (AvgIpc) is 2.75. The number of carbonyl (C=O) groups excluding carboxylic acids is 3. The number of methoxy groups -OCH3 is 1. The summed E-state index contributed by atoms with van der Waals surface area (Å²) >= 11 is 0. The molecule has 0 aliphatic rings. The maximum Gasteiger partial charge on any atom is 0.340 e. The molecular weight excluding hydrogens is 392 g/mol. The first-order chi connectivity index (χ1) is 14.5. The first kappa shape index (κ1) is 22.8. The molecule has 0 spiro atoms. The Kier molecular flexibility index (Phi) is 8.76. The van der Waals surface area contributed by atoms with Gasteiger partial charge in [-0.2, -0.15) is 0 Å². The Bertz CT molecular complexity index is 871. The van der Waals surface area contributed by atoms with Crippen molar-refractivity contribution < 1.29 is 33.4 Å². The highest BCUT2D eigenvalue weighted by Crippen LogP contribution is 2.24. The third-order valence-corrected chi connectivity index (χ3v) is 3.92. The predicted molar refractivity (Wildman–Crippen MR) is 105 cm³/mol. The maximum atomic E-state index is 12.8. The van der Waals surface area contributed by atoms with Crippen molar-refractivity contribution in [2.45, 2.75) is 26.4 Å². The molecule has 0 aliphatic heterocycles. The molecule has 2 aromatic rings. The van der Waals surface area contributed by atoms with Gasteiger partial charge in [0.05, 0.1) is 38.2 Å². The summed E-state index contributed by atoms with van der Waals surface area (Å²) in [5.74, 6) is -3.89. The minimum absolute atomic E-state index is 0.0339. The molecule has 160 valence electrons. The largest absolute Gasteiger partial charge is 0.481 e. The number of benzene rings is 1. The molecule has 9 nitrogen and oxygen atoms in total. The van der Waals surface area contributed by atoms with Crippen molar-refractivity contribution in [3.8, 4) is 5.88 Å². The molecule has 0 saturated heterocycles. The SMILES string of the molecule is CCOC(=O)c1ccc(OC)nc1C(C(=O)NOCc1ccccc1)C(=O)OCC. The Hall–Kier alpha value is -3.46. The van der Waals surface area contributed by atoms with Crippen LogP contribution in [0.1, 0.15) is 41.4 Å². The number of rotatable bonds is 10. The van der Waals surface area contributed by atoms with Crippen molar-refractivity contribution in [1.82, 2.24) is 10.5 Å². The van der Waals surface area contributed by atoms with Crippen LogP contribution < -0.4 is 10.2 Å². The Morgan fingerprint density at radius 2 is 1.70 bits per heavy atom. The number of nitrogens with one attached hydrogen (secondary N) is 1. The van der Waals surface area contributed by atoms with Gasteiger partial charge in [0, 0.05) is 6.07 Å². The number of carbonyl (C=O) groups is 3. The number of hydroxylamine groups is 1. The van der Waals surface area contributed by atoms with Gasteiger partial charge in [0.1, 0.15) is 0 Å². The fourth-order valence-electron chi connectivity index (χ4n) is 2.56. The molecule has 1 amide bonds. The van der Waals surface area contributed by atoms with Gasteiger partial charge in [-0.25, -0.2) is 15.3 Å². The van der Waals surface area contributed by atoms with Crippen molar-refractivity contribution >= 4 is 17.8 Å². The van der Waals surface area contributed by atoms with Crippen molar-refractivity contribution in [2.75, 3.05) is 20.3 Å². The fourth-order valence-corrected chi connectivity index (χ4v) is 2.56. The van der Waals surface area contributed by atoms with Crippen molar-refractivity contribution in [3.05, 3.63) is 59.3 Å². The van der Waals surface area contributed by atoms with Crippen LogP contribution in [0.3, 0.4) is 0 Å². The normalized spacial score (nSPS) is 11.3. The van der Waals surface area contributed by atoms with Crippen LogP contribution in [0.25, 0.3) is 0 Å². The second-order valence-corrected chi connectivity index (χ2v) is 5.93. The molecule has 1 heterocycles. The topological polar surface area (TPSA) is 113 Å². The molecule has 30 heavy (non-hydrogen) atoms. The van der Waals surface area contributed by atoms with Crippen LogP contribution in [0.5, 0.6) is 5.88 Å². The van der Waals surface area contributed by atoms with Gasteiger partial charge in [0.2, 0.25) is 5.88 Å². The molecule has 0 fully saturated rings. The van der Waals surface area contributed by atoms with E-state index in [0.717, 1.165) is 5.56 Å². The van der Waals surface area contributed by atoms with E-state index >= 15 is 0 Å². The number of ether oxygens (including phenoxy) is 3. The first-order valence-corrected chi connectivity index (χ1v) is 9.36. The van der Waals surface area contributed by atoms with Gasteiger partial charge < -0.3 is 14.2 Å². The van der Waals surface area contributed by atoms with E-state index in [1.54, 1.807) is 13.8 Å². The number of nitrogens with zero attached hydrogens (tertiary/aromatic N) is 1. The maximum absolute atomic E-state index is 12.8. The van der Waals surface area contributed by atoms with Crippen LogP contribution in [0.15, 0.2) is 42.5 Å². The second kappa shape index (κ2) is 11.5. The molecule has 0 bridgehead atoms. The summed E-state index contributed by atoms with van der Waals surface area (Å²) in [6.45, 7) is 3.47. The molecule has 1 unspecified atom stereocenters. The van der Waals surface area contributed by atoms with Gasteiger partial charge in [-0.1, -0.05) is 30.3 Å². The van der Waals surface area contributed by atoms with E-state index in [0.29, 0.717) is 0 Å². The average molecular weight is 416 g/mol. The van der Waals surface area contributed by atoms with Crippen LogP contribution in [0.4, 0.5) is 0 Å². The number of pyridine rings is 1. The van der Waals surface area contributed by atoms with Crippen LogP contribution in [0, 0.1) is 0 Å². The van der Waals surface area contributed by atoms with Crippen LogP contribution in [-0.4, -0.2) is 43.2 Å². The number of esters is 2. The lowest BCUT2D eigenvalue weighted by Crippen LogP contribution is -2.36. The lowest BCUT2D eigenvalue weighted by Gasteiger charge is -2.18. The highest BCUT2D eigenvalue weighted by atomic mass is 16.7. The second-order valence-electron chi connectivity index (χ2n) is 5.93. The Morgan fingerprint density at radius 1 is 1.00 bits per heavy atom. The van der Waals surface area contributed by atoms with Gasteiger partial charge in [-0.3, -0.25) is 14.4 Å². The molecule has 1 atom stereocenters. The Morgan fingerprint density at radius 3 is 2.33 bits per heavy atom. The number of hydrogen-bond donors (Lipinski definition) is 1. The van der Waals surface area contributed by atoms with E-state index < -0.39 is 23.8 Å². The molecule has 0 aliphatic carbocycles. The fraction of sp³-hybridized carbons (Fsp3) is 0.333. The Balaban J connectivity index is 2.32. The van der Waals surface area contributed by atoms with Crippen molar-refractivity contribution in [1.29, 1.82) is 0 Å². The standard InChI is InChI=1S/C21H24N2O7/c1-4-28-20(25)15-11-12-16(27-3)22-18(15)17(21(26)29-5-2)19(24)23-30-13-14-9-7-6-8-10-14/h6-12,17H,4-5,13H2,1-3H3,(H,23,24). The number of aromatic nitrogens is 1. The zero-order valence-electron chi connectivity index (χ0n) is 17.0. The monoisotopic (exact) mass is 416 g/mol. The zero-order chi connectivity index (χ0) is 21.9. The molecule has 9 heteroatoms. The summed E-state index contributed by atoms with van der Waals surface area (Å²) in [4.78, 5) is 47.1. The van der Waals surface area contributed by atoms with Gasteiger partial charge >= 0.3 is 11.9 Å². The highest BCUT2D eigenvalue weighted by molar-refractivity contribution is 6.05. The quantitative estimate of drug-likeness (QED) is 0.356. The number of amides is 1. The van der Waals surface area contributed by atoms with Crippen LogP contribution in [0.2, 0.25) is 0 Å². The number of hydrogen-bond acceptors (Lipinski definition) is 8. The molecule has 0 radical (unpaired) electrons. The minimum atomic E-state index is -1.56. The first-order valence-electron chi connectivity index (χ1n) is 9.36. The minimum Gasteiger partial charge on any atom is -0.481 e. The van der Waals surface area contributed by atoms with E-state index in [2.05, 4.69) is 10.5 Å². The smallest absolute Gasteiger partial charge is 0.340 e. The van der Waals surface area contributed by atoms with E-state index in [-0.39, 0.29) is 37.0 Å². The van der Waals surface area contributed by atoms with Crippen LogP contribution in [-0.2, 0) is 30.5 Å². The van der Waals surface area contributed by atoms with Gasteiger partial charge in [-0.15, -0.1) is 0 Å². The van der Waals surface area contributed by atoms with E-state index in [9.17, 15) is 14.4 Å². The predicted octanol–water partition coefficient (Wildman–Crippen LogP) is 2.16. The van der Waals surface area contributed by atoms with E-state index in [1.165, 1.54) is 19.2 Å². The summed E-state index contributed by atoms with van der Waals surface area (Å²) in [5, 5.41) is 0. The molecule has 1 aromatic heterocycles. The van der Waals surface area contributed by atoms with Crippen LogP contribution >= 0.6 is 0 Å². The summed E-state index contributed by atoms with van der Waals surface area (Å²) in [6, 6.07) is 12.0. The van der Waals surface area contributed by atoms with E-state index in [1.807, 2.05) is 30.3 Å². The third-order valence-electron chi connectivity index (χ3n) is 3.92. The van der Waals surface area contributed by atoms with Crippen molar-refractivity contribution in [2.24, 2.45) is 0 Å². The lowest BCUT2D eigenvalue weighted by atomic mass is 9.99. The van der Waals surface area contributed by atoms with Gasteiger partial charge in [0.25, 0.3) is 5.91 Å². The molecule has 0 saturated carbocycles. The summed E-state index contributed by atoms with van der Waals surface area (Å²) in [5.41, 5.74) is 2.86. The summed E-state index contributed by atoms with van der Waals surface area (Å²) < 4.78 is 15.1. The lowest BCUT2D eigenvalue weighted by molar-refractivity contribution is -0.152. The highest BCUT2D eigenvalue weighted by Gasteiger charge is 2.36.